The van der Waals surface area contributed by atoms with Crippen molar-refractivity contribution in [2.45, 2.75) is 13.5 Å². The fourth-order valence-electron chi connectivity index (χ4n) is 1.80. The number of aromatic nitrogens is 1. The van der Waals surface area contributed by atoms with E-state index in [2.05, 4.69) is 15.0 Å². The highest BCUT2D eigenvalue weighted by atomic mass is 19.3. The Balaban J connectivity index is 2.19. The number of rotatable bonds is 5. The van der Waals surface area contributed by atoms with Gasteiger partial charge in [0.2, 0.25) is 0 Å². The van der Waals surface area contributed by atoms with Gasteiger partial charge in [-0.1, -0.05) is 0 Å². The standard InChI is InChI=1S/C15H14F2N2O3/c1-9-5-6-18-13(7-9)19-14(20)10-3-4-11(22-15(16)17)12(8-10)21-2/h3-8,15H,1-2H3,(H,18,19,20). The van der Waals surface area contributed by atoms with Crippen molar-refractivity contribution in [1.29, 1.82) is 0 Å². The van der Waals surface area contributed by atoms with Crippen LogP contribution in [0.1, 0.15) is 15.9 Å². The molecule has 0 radical (unpaired) electrons. The van der Waals surface area contributed by atoms with Crippen LogP contribution in [0.2, 0.25) is 0 Å². The molecule has 0 saturated heterocycles. The second-order valence-electron chi connectivity index (χ2n) is 4.42. The summed E-state index contributed by atoms with van der Waals surface area (Å²) in [6.07, 6.45) is 1.57. The lowest BCUT2D eigenvalue weighted by Crippen LogP contribution is -2.13. The zero-order chi connectivity index (χ0) is 16.1. The number of hydrogen-bond donors (Lipinski definition) is 1. The number of nitrogens with one attached hydrogen (secondary N) is 1. The molecule has 0 aliphatic carbocycles. The Morgan fingerprint density at radius 1 is 1.23 bits per heavy atom. The lowest BCUT2D eigenvalue weighted by Gasteiger charge is -2.11. The first-order valence-electron chi connectivity index (χ1n) is 6.36. The number of ether oxygens (including phenoxy) is 2. The predicted molar refractivity (Wildman–Crippen MR) is 76.6 cm³/mol. The van der Waals surface area contributed by atoms with Crippen molar-refractivity contribution >= 4 is 11.7 Å². The van der Waals surface area contributed by atoms with E-state index in [-0.39, 0.29) is 17.1 Å². The number of anilines is 1. The summed E-state index contributed by atoms with van der Waals surface area (Å²) in [4.78, 5) is 16.1. The number of aryl methyl sites for hydroxylation is 1. The predicted octanol–water partition coefficient (Wildman–Crippen LogP) is 3.25. The van der Waals surface area contributed by atoms with Crippen LogP contribution in [0.3, 0.4) is 0 Å². The molecule has 0 spiro atoms. The maximum absolute atomic E-state index is 12.3. The van der Waals surface area contributed by atoms with Gasteiger partial charge in [0.05, 0.1) is 7.11 Å². The van der Waals surface area contributed by atoms with Gasteiger partial charge in [0.1, 0.15) is 5.82 Å². The van der Waals surface area contributed by atoms with E-state index in [0.29, 0.717) is 5.82 Å². The molecule has 0 aliphatic rings. The van der Waals surface area contributed by atoms with Gasteiger partial charge in [-0.05, 0) is 42.8 Å². The molecule has 2 rings (SSSR count). The molecular formula is C15H14F2N2O3. The van der Waals surface area contributed by atoms with Crippen molar-refractivity contribution < 1.29 is 23.0 Å². The van der Waals surface area contributed by atoms with Gasteiger partial charge in [0, 0.05) is 11.8 Å². The highest BCUT2D eigenvalue weighted by Gasteiger charge is 2.14. The Hall–Kier alpha value is -2.70. The molecule has 7 heteroatoms. The highest BCUT2D eigenvalue weighted by molar-refractivity contribution is 6.04. The van der Waals surface area contributed by atoms with Crippen molar-refractivity contribution in [3.63, 3.8) is 0 Å². The SMILES string of the molecule is COc1cc(C(=O)Nc2cc(C)ccn2)ccc1OC(F)F. The first-order valence-corrected chi connectivity index (χ1v) is 6.36. The summed E-state index contributed by atoms with van der Waals surface area (Å²) in [7, 11) is 1.30. The van der Waals surface area contributed by atoms with Gasteiger partial charge in [-0.15, -0.1) is 0 Å². The fourth-order valence-corrected chi connectivity index (χ4v) is 1.80. The summed E-state index contributed by atoms with van der Waals surface area (Å²) in [5.74, 6) is -0.121. The quantitative estimate of drug-likeness (QED) is 0.921. The summed E-state index contributed by atoms with van der Waals surface area (Å²) >= 11 is 0. The van der Waals surface area contributed by atoms with Crippen LogP contribution in [-0.4, -0.2) is 24.6 Å². The number of pyridine rings is 1. The van der Waals surface area contributed by atoms with Crippen LogP contribution in [0.15, 0.2) is 36.5 Å². The van der Waals surface area contributed by atoms with Gasteiger partial charge >= 0.3 is 6.61 Å². The number of amides is 1. The third-order valence-electron chi connectivity index (χ3n) is 2.80. The minimum Gasteiger partial charge on any atom is -0.493 e. The van der Waals surface area contributed by atoms with Gasteiger partial charge in [0.15, 0.2) is 11.5 Å². The summed E-state index contributed by atoms with van der Waals surface area (Å²) in [5, 5.41) is 2.62. The normalized spacial score (nSPS) is 10.4. The van der Waals surface area contributed by atoms with Crippen LogP contribution >= 0.6 is 0 Å². The van der Waals surface area contributed by atoms with Crippen LogP contribution in [0.25, 0.3) is 0 Å². The average molecular weight is 308 g/mol. The number of hydrogen-bond acceptors (Lipinski definition) is 4. The monoisotopic (exact) mass is 308 g/mol. The first-order chi connectivity index (χ1) is 10.5. The van der Waals surface area contributed by atoms with E-state index < -0.39 is 12.5 Å². The minimum atomic E-state index is -2.97. The Bertz CT molecular complexity index is 678. The van der Waals surface area contributed by atoms with Crippen LogP contribution in [0.4, 0.5) is 14.6 Å². The summed E-state index contributed by atoms with van der Waals surface area (Å²) in [6, 6.07) is 7.45. The minimum absolute atomic E-state index is 0.0464. The number of halogens is 2. The molecule has 1 amide bonds. The molecule has 5 nitrogen and oxygen atoms in total. The molecule has 1 aromatic carbocycles. The molecule has 0 saturated carbocycles. The van der Waals surface area contributed by atoms with Crippen LogP contribution in [0.5, 0.6) is 11.5 Å². The summed E-state index contributed by atoms with van der Waals surface area (Å²) in [5.41, 5.74) is 1.19. The number of nitrogens with zero attached hydrogens (tertiary/aromatic N) is 1. The Morgan fingerprint density at radius 2 is 2.00 bits per heavy atom. The van der Waals surface area contributed by atoms with Crippen LogP contribution in [-0.2, 0) is 0 Å². The molecule has 0 atom stereocenters. The van der Waals surface area contributed by atoms with Gasteiger partial charge < -0.3 is 14.8 Å². The van der Waals surface area contributed by atoms with E-state index in [1.807, 2.05) is 6.92 Å². The largest absolute Gasteiger partial charge is 0.493 e. The summed E-state index contributed by atoms with van der Waals surface area (Å²) in [6.45, 7) is -1.10. The van der Waals surface area contributed by atoms with E-state index in [0.717, 1.165) is 5.56 Å². The molecule has 116 valence electrons. The molecule has 22 heavy (non-hydrogen) atoms. The number of benzene rings is 1. The van der Waals surface area contributed by atoms with Crippen molar-refractivity contribution in [3.8, 4) is 11.5 Å². The maximum Gasteiger partial charge on any atom is 0.387 e. The molecule has 1 aromatic heterocycles. The van der Waals surface area contributed by atoms with Crippen molar-refractivity contribution in [1.82, 2.24) is 4.98 Å². The van der Waals surface area contributed by atoms with Crippen LogP contribution < -0.4 is 14.8 Å². The molecule has 0 fully saturated rings. The number of methoxy groups -OCH3 is 1. The Kier molecular flexibility index (Phi) is 4.88. The van der Waals surface area contributed by atoms with E-state index in [4.69, 9.17) is 4.74 Å². The van der Waals surface area contributed by atoms with Crippen molar-refractivity contribution in [2.24, 2.45) is 0 Å². The molecule has 0 bridgehead atoms. The second-order valence-corrected chi connectivity index (χ2v) is 4.42. The van der Waals surface area contributed by atoms with E-state index in [1.165, 1.54) is 25.3 Å². The Labute approximate surface area is 125 Å². The van der Waals surface area contributed by atoms with Gasteiger partial charge in [0.25, 0.3) is 5.91 Å². The molecular weight excluding hydrogens is 294 g/mol. The Morgan fingerprint density at radius 3 is 2.64 bits per heavy atom. The van der Waals surface area contributed by atoms with E-state index in [1.54, 1.807) is 18.3 Å². The third kappa shape index (κ3) is 3.91. The molecule has 1 heterocycles. The lowest BCUT2D eigenvalue weighted by atomic mass is 10.2. The van der Waals surface area contributed by atoms with Crippen LogP contribution in [0, 0.1) is 6.92 Å². The second kappa shape index (κ2) is 6.84. The molecule has 1 N–H and O–H groups in total. The molecule has 0 unspecified atom stereocenters. The number of carbonyl (C=O) groups is 1. The highest BCUT2D eigenvalue weighted by Crippen LogP contribution is 2.29. The molecule has 2 aromatic rings. The van der Waals surface area contributed by atoms with Gasteiger partial charge in [-0.3, -0.25) is 4.79 Å². The summed E-state index contributed by atoms with van der Waals surface area (Å²) < 4.78 is 33.8. The first kappa shape index (κ1) is 15.7. The van der Waals surface area contributed by atoms with Gasteiger partial charge in [-0.25, -0.2) is 4.98 Å². The smallest absolute Gasteiger partial charge is 0.387 e. The van der Waals surface area contributed by atoms with Crippen molar-refractivity contribution in [2.75, 3.05) is 12.4 Å². The number of carbonyl (C=O) groups excluding carboxylic acids is 1. The maximum atomic E-state index is 12.3. The van der Waals surface area contributed by atoms with Gasteiger partial charge in [-0.2, -0.15) is 8.78 Å². The van der Waals surface area contributed by atoms with Crippen molar-refractivity contribution in [3.05, 3.63) is 47.7 Å². The lowest BCUT2D eigenvalue weighted by molar-refractivity contribution is -0.0512. The van der Waals surface area contributed by atoms with E-state index in [9.17, 15) is 13.6 Å². The van der Waals surface area contributed by atoms with E-state index >= 15 is 0 Å². The molecule has 0 aliphatic heterocycles. The fraction of sp³-hybridized carbons (Fsp3) is 0.200. The zero-order valence-corrected chi connectivity index (χ0v) is 12.0. The third-order valence-corrected chi connectivity index (χ3v) is 2.80. The average Bonchev–Trinajstić information content (AvgIpc) is 2.47. The topological polar surface area (TPSA) is 60.5 Å². The number of alkyl halides is 2. The zero-order valence-electron chi connectivity index (χ0n) is 12.0.